The van der Waals surface area contributed by atoms with Gasteiger partial charge in [0.25, 0.3) is 0 Å². The first-order valence-corrected chi connectivity index (χ1v) is 6.51. The van der Waals surface area contributed by atoms with Gasteiger partial charge in [-0.2, -0.15) is 0 Å². The van der Waals surface area contributed by atoms with E-state index in [0.717, 1.165) is 22.4 Å². The molecule has 0 fully saturated rings. The topological polar surface area (TPSA) is 42.7 Å². The van der Waals surface area contributed by atoms with Crippen molar-refractivity contribution >= 4 is 15.9 Å². The molecule has 18 heavy (non-hydrogen) atoms. The standard InChI is InChI=1S/C12H14BrFN4/c1-2-18-8-16-17-12(18)7-15-6-9-3-4-10(14)5-11(9)13/h3-5,8,15H,2,6-7H2,1H3. The lowest BCUT2D eigenvalue weighted by Gasteiger charge is -2.07. The molecule has 0 radical (unpaired) electrons. The van der Waals surface area contributed by atoms with E-state index in [9.17, 15) is 4.39 Å². The second kappa shape index (κ2) is 6.06. The summed E-state index contributed by atoms with van der Waals surface area (Å²) in [5, 5.41) is 11.2. The molecule has 0 bridgehead atoms. The fourth-order valence-electron chi connectivity index (χ4n) is 1.65. The summed E-state index contributed by atoms with van der Waals surface area (Å²) in [5.74, 6) is 0.659. The minimum Gasteiger partial charge on any atom is -0.317 e. The highest BCUT2D eigenvalue weighted by Crippen LogP contribution is 2.17. The van der Waals surface area contributed by atoms with E-state index >= 15 is 0 Å². The molecule has 0 saturated heterocycles. The molecule has 6 heteroatoms. The van der Waals surface area contributed by atoms with Crippen molar-refractivity contribution < 1.29 is 4.39 Å². The zero-order valence-corrected chi connectivity index (χ0v) is 11.6. The first-order valence-electron chi connectivity index (χ1n) is 5.72. The summed E-state index contributed by atoms with van der Waals surface area (Å²) >= 11 is 3.34. The van der Waals surface area contributed by atoms with Crippen LogP contribution in [0.2, 0.25) is 0 Å². The number of rotatable bonds is 5. The van der Waals surface area contributed by atoms with Gasteiger partial charge in [0.2, 0.25) is 0 Å². The van der Waals surface area contributed by atoms with E-state index in [4.69, 9.17) is 0 Å². The summed E-state index contributed by atoms with van der Waals surface area (Å²) in [6, 6.07) is 4.68. The first-order chi connectivity index (χ1) is 8.70. The van der Waals surface area contributed by atoms with Crippen molar-refractivity contribution in [2.24, 2.45) is 0 Å². The minimum absolute atomic E-state index is 0.239. The van der Waals surface area contributed by atoms with Crippen molar-refractivity contribution in [2.75, 3.05) is 0 Å². The molecule has 0 aliphatic heterocycles. The maximum absolute atomic E-state index is 12.9. The van der Waals surface area contributed by atoms with Crippen molar-refractivity contribution in [3.05, 3.63) is 46.2 Å². The van der Waals surface area contributed by atoms with Gasteiger partial charge in [0, 0.05) is 17.6 Å². The molecular formula is C12H14BrFN4. The number of hydrogen-bond donors (Lipinski definition) is 1. The monoisotopic (exact) mass is 312 g/mol. The second-order valence-corrected chi connectivity index (χ2v) is 4.73. The summed E-state index contributed by atoms with van der Waals surface area (Å²) in [4.78, 5) is 0. The van der Waals surface area contributed by atoms with Crippen molar-refractivity contribution in [2.45, 2.75) is 26.6 Å². The van der Waals surface area contributed by atoms with E-state index in [-0.39, 0.29) is 5.82 Å². The maximum Gasteiger partial charge on any atom is 0.146 e. The molecule has 1 heterocycles. The maximum atomic E-state index is 12.9. The molecule has 2 rings (SSSR count). The minimum atomic E-state index is -0.239. The smallest absolute Gasteiger partial charge is 0.146 e. The van der Waals surface area contributed by atoms with Crippen LogP contribution in [0, 0.1) is 5.82 Å². The van der Waals surface area contributed by atoms with Crippen LogP contribution < -0.4 is 5.32 Å². The van der Waals surface area contributed by atoms with Gasteiger partial charge in [0.05, 0.1) is 6.54 Å². The molecule has 0 unspecified atom stereocenters. The van der Waals surface area contributed by atoms with Gasteiger partial charge in [-0.25, -0.2) is 4.39 Å². The third-order valence-corrected chi connectivity index (χ3v) is 3.39. The van der Waals surface area contributed by atoms with Gasteiger partial charge in [-0.1, -0.05) is 22.0 Å². The SMILES string of the molecule is CCn1cnnc1CNCc1ccc(F)cc1Br. The Labute approximate surface area is 113 Å². The molecule has 0 saturated carbocycles. The van der Waals surface area contributed by atoms with E-state index in [1.165, 1.54) is 12.1 Å². The number of nitrogens with one attached hydrogen (secondary N) is 1. The summed E-state index contributed by atoms with van der Waals surface area (Å²) < 4.78 is 15.7. The average Bonchev–Trinajstić information content (AvgIpc) is 2.79. The quantitative estimate of drug-likeness (QED) is 0.922. The fraction of sp³-hybridized carbons (Fsp3) is 0.333. The van der Waals surface area contributed by atoms with Gasteiger partial charge < -0.3 is 9.88 Å². The summed E-state index contributed by atoms with van der Waals surface area (Å²) in [6.45, 7) is 4.18. The molecule has 4 nitrogen and oxygen atoms in total. The second-order valence-electron chi connectivity index (χ2n) is 3.87. The molecule has 1 aromatic heterocycles. The van der Waals surface area contributed by atoms with Crippen molar-refractivity contribution in [3.63, 3.8) is 0 Å². The van der Waals surface area contributed by atoms with Crippen molar-refractivity contribution in [1.29, 1.82) is 0 Å². The fourth-order valence-corrected chi connectivity index (χ4v) is 2.15. The molecular weight excluding hydrogens is 299 g/mol. The Balaban J connectivity index is 1.92. The normalized spacial score (nSPS) is 10.8. The molecule has 0 atom stereocenters. The van der Waals surface area contributed by atoms with E-state index in [1.807, 2.05) is 11.5 Å². The number of halogens is 2. The molecule has 0 aliphatic carbocycles. The molecule has 1 N–H and O–H groups in total. The number of hydrogen-bond acceptors (Lipinski definition) is 3. The highest BCUT2D eigenvalue weighted by molar-refractivity contribution is 9.10. The third kappa shape index (κ3) is 3.14. The molecule has 0 spiro atoms. The Morgan fingerprint density at radius 1 is 1.39 bits per heavy atom. The van der Waals surface area contributed by atoms with Gasteiger partial charge in [-0.3, -0.25) is 0 Å². The van der Waals surface area contributed by atoms with Crippen LogP contribution >= 0.6 is 15.9 Å². The van der Waals surface area contributed by atoms with E-state index in [0.29, 0.717) is 13.1 Å². The third-order valence-electron chi connectivity index (χ3n) is 2.65. The van der Waals surface area contributed by atoms with E-state index in [1.54, 1.807) is 12.4 Å². The Morgan fingerprint density at radius 2 is 2.22 bits per heavy atom. The van der Waals surface area contributed by atoms with Crippen LogP contribution in [-0.2, 0) is 19.6 Å². The molecule has 0 amide bonds. The Morgan fingerprint density at radius 3 is 2.94 bits per heavy atom. The average molecular weight is 313 g/mol. The number of nitrogens with zero attached hydrogens (tertiary/aromatic N) is 3. The van der Waals surface area contributed by atoms with Crippen LogP contribution in [0.4, 0.5) is 4.39 Å². The molecule has 2 aromatic rings. The van der Waals surface area contributed by atoms with Gasteiger partial charge >= 0.3 is 0 Å². The number of benzene rings is 1. The lowest BCUT2D eigenvalue weighted by atomic mass is 10.2. The Bertz CT molecular complexity index is 527. The largest absolute Gasteiger partial charge is 0.317 e. The highest BCUT2D eigenvalue weighted by atomic mass is 79.9. The van der Waals surface area contributed by atoms with Crippen LogP contribution in [-0.4, -0.2) is 14.8 Å². The zero-order valence-electron chi connectivity index (χ0n) is 10.0. The predicted octanol–water partition coefficient (Wildman–Crippen LogP) is 2.49. The zero-order chi connectivity index (χ0) is 13.0. The van der Waals surface area contributed by atoms with Crippen molar-refractivity contribution in [1.82, 2.24) is 20.1 Å². The van der Waals surface area contributed by atoms with E-state index < -0.39 is 0 Å². The molecule has 96 valence electrons. The van der Waals surface area contributed by atoms with Gasteiger partial charge in [-0.05, 0) is 24.6 Å². The van der Waals surface area contributed by atoms with Crippen LogP contribution in [0.3, 0.4) is 0 Å². The predicted molar refractivity (Wildman–Crippen MR) is 70.3 cm³/mol. The highest BCUT2D eigenvalue weighted by Gasteiger charge is 2.04. The number of aryl methyl sites for hydroxylation is 1. The summed E-state index contributed by atoms with van der Waals surface area (Å²) in [5.41, 5.74) is 1.01. The van der Waals surface area contributed by atoms with Gasteiger partial charge in [0.1, 0.15) is 18.0 Å². The van der Waals surface area contributed by atoms with Gasteiger partial charge in [-0.15, -0.1) is 10.2 Å². The van der Waals surface area contributed by atoms with E-state index in [2.05, 4.69) is 31.4 Å². The number of aromatic nitrogens is 3. The Hall–Kier alpha value is -1.27. The lowest BCUT2D eigenvalue weighted by molar-refractivity contribution is 0.606. The lowest BCUT2D eigenvalue weighted by Crippen LogP contribution is -2.16. The van der Waals surface area contributed by atoms with Gasteiger partial charge in [0.15, 0.2) is 0 Å². The molecule has 0 aliphatic rings. The van der Waals surface area contributed by atoms with Crippen LogP contribution in [0.1, 0.15) is 18.3 Å². The van der Waals surface area contributed by atoms with Crippen LogP contribution in [0.5, 0.6) is 0 Å². The summed E-state index contributed by atoms with van der Waals surface area (Å²) in [6.07, 6.45) is 1.71. The van der Waals surface area contributed by atoms with Crippen LogP contribution in [0.15, 0.2) is 29.0 Å². The Kier molecular flexibility index (Phi) is 4.43. The first kappa shape index (κ1) is 13.2. The molecule has 1 aromatic carbocycles. The van der Waals surface area contributed by atoms with Crippen LogP contribution in [0.25, 0.3) is 0 Å². The summed E-state index contributed by atoms with van der Waals surface area (Å²) in [7, 11) is 0. The van der Waals surface area contributed by atoms with Crippen molar-refractivity contribution in [3.8, 4) is 0 Å².